The van der Waals surface area contributed by atoms with Crippen molar-refractivity contribution in [3.05, 3.63) is 35.9 Å². The van der Waals surface area contributed by atoms with Crippen LogP contribution in [0.5, 0.6) is 0 Å². The number of carbonyl (C=O) groups excluding carboxylic acids is 1. The highest BCUT2D eigenvalue weighted by molar-refractivity contribution is 5.97. The second-order valence-electron chi connectivity index (χ2n) is 3.97. The molecule has 1 aromatic rings. The third-order valence-corrected chi connectivity index (χ3v) is 2.18. The highest BCUT2D eigenvalue weighted by Gasteiger charge is 2.28. The molecule has 0 fully saturated rings. The summed E-state index contributed by atoms with van der Waals surface area (Å²) in [7, 11) is 0. The van der Waals surface area contributed by atoms with Gasteiger partial charge < -0.3 is 9.47 Å². The highest BCUT2D eigenvalue weighted by atomic mass is 16.6. The second kappa shape index (κ2) is 4.99. The van der Waals surface area contributed by atoms with Crippen LogP contribution in [0, 0.1) is 0 Å². The van der Waals surface area contributed by atoms with Crippen LogP contribution in [0.4, 0.5) is 0 Å². The summed E-state index contributed by atoms with van der Waals surface area (Å²) in [5.74, 6) is -0.366. The number of aliphatic imine (C=N–C) groups is 1. The summed E-state index contributed by atoms with van der Waals surface area (Å²) in [6.07, 6.45) is -0.268. The summed E-state index contributed by atoms with van der Waals surface area (Å²) < 4.78 is 18.3. The van der Waals surface area contributed by atoms with Gasteiger partial charge in [-0.1, -0.05) is 18.2 Å². The molecule has 0 saturated carbocycles. The number of hydrogen-bond donors (Lipinski definition) is 0. The van der Waals surface area contributed by atoms with Gasteiger partial charge in [0.15, 0.2) is 6.02 Å². The van der Waals surface area contributed by atoms with Gasteiger partial charge in [0.25, 0.3) is 0 Å². The van der Waals surface area contributed by atoms with Crippen LogP contribution < -0.4 is 0 Å². The largest absolute Gasteiger partial charge is 0.475 e. The second-order valence-corrected chi connectivity index (χ2v) is 3.97. The summed E-state index contributed by atoms with van der Waals surface area (Å²) in [4.78, 5) is 15.8. The molecule has 1 unspecified atom stereocenters. The average Bonchev–Trinajstić information content (AvgIpc) is 2.74. The monoisotopic (exact) mass is 234 g/mol. The molecule has 90 valence electrons. The standard InChI is InChI=1S/C13H15NO3/c1-9(2)17-13(15)11-8-16-12(14-11)10-6-4-3-5-7-10/h3-7,9,11H,8H2,1-2H3/i11D. The van der Waals surface area contributed by atoms with Gasteiger partial charge in [0, 0.05) is 5.56 Å². The lowest BCUT2D eigenvalue weighted by Gasteiger charge is -2.09. The SMILES string of the molecule is [2H]C1(C(=O)OC(C)C)COC(c2ccccc2)=N1. The first kappa shape index (κ1) is 10.3. The summed E-state index contributed by atoms with van der Waals surface area (Å²) in [6, 6.07) is 7.52. The Morgan fingerprint density at radius 2 is 2.24 bits per heavy atom. The third kappa shape index (κ3) is 2.84. The lowest BCUT2D eigenvalue weighted by Crippen LogP contribution is -2.25. The molecule has 4 heteroatoms. The lowest BCUT2D eigenvalue weighted by molar-refractivity contribution is -0.149. The topological polar surface area (TPSA) is 47.9 Å². The van der Waals surface area contributed by atoms with E-state index in [-0.39, 0.29) is 12.7 Å². The molecule has 1 aromatic carbocycles. The number of hydrogen-bond acceptors (Lipinski definition) is 4. The van der Waals surface area contributed by atoms with Crippen molar-refractivity contribution in [2.24, 2.45) is 4.99 Å². The minimum Gasteiger partial charge on any atom is -0.475 e. The number of ether oxygens (including phenoxy) is 2. The fourth-order valence-electron chi connectivity index (χ4n) is 1.44. The molecule has 0 bridgehead atoms. The first-order valence-electron chi connectivity index (χ1n) is 6.00. The number of carbonyl (C=O) groups is 1. The molecule has 17 heavy (non-hydrogen) atoms. The first-order chi connectivity index (χ1) is 8.51. The molecule has 0 radical (unpaired) electrons. The molecule has 2 rings (SSSR count). The zero-order chi connectivity index (χ0) is 13.2. The van der Waals surface area contributed by atoms with Gasteiger partial charge in [-0.15, -0.1) is 0 Å². The molecule has 1 aliphatic rings. The van der Waals surface area contributed by atoms with Crippen molar-refractivity contribution < 1.29 is 15.6 Å². The van der Waals surface area contributed by atoms with Crippen molar-refractivity contribution in [2.75, 3.05) is 6.61 Å². The van der Waals surface area contributed by atoms with Gasteiger partial charge in [-0.05, 0) is 26.0 Å². The number of esters is 1. The Bertz CT molecular complexity index is 472. The third-order valence-electron chi connectivity index (χ3n) is 2.18. The Balaban J connectivity index is 2.19. The average molecular weight is 234 g/mol. The van der Waals surface area contributed by atoms with Gasteiger partial charge in [0.2, 0.25) is 5.90 Å². The molecule has 0 spiro atoms. The quantitative estimate of drug-likeness (QED) is 0.749. The van der Waals surface area contributed by atoms with Gasteiger partial charge in [0.05, 0.1) is 7.47 Å². The van der Waals surface area contributed by atoms with E-state index in [2.05, 4.69) is 4.99 Å². The van der Waals surface area contributed by atoms with Gasteiger partial charge in [-0.3, -0.25) is 0 Å². The van der Waals surface area contributed by atoms with E-state index >= 15 is 0 Å². The van der Waals surface area contributed by atoms with Crippen molar-refractivity contribution in [3.63, 3.8) is 0 Å². The molecule has 0 aromatic heterocycles. The van der Waals surface area contributed by atoms with E-state index < -0.39 is 12.0 Å². The molecular weight excluding hydrogens is 218 g/mol. The molecule has 0 amide bonds. The van der Waals surface area contributed by atoms with Crippen LogP contribution in [0.2, 0.25) is 0 Å². The van der Waals surface area contributed by atoms with Crippen LogP contribution in [-0.4, -0.2) is 30.6 Å². The molecule has 0 saturated heterocycles. The minimum absolute atomic E-state index is 0.108. The number of nitrogens with zero attached hydrogens (tertiary/aromatic N) is 1. The van der Waals surface area contributed by atoms with E-state index in [4.69, 9.17) is 10.8 Å². The van der Waals surface area contributed by atoms with E-state index in [1.54, 1.807) is 13.8 Å². The highest BCUT2D eigenvalue weighted by Crippen LogP contribution is 2.13. The van der Waals surface area contributed by atoms with Crippen LogP contribution in [0.1, 0.15) is 20.8 Å². The predicted molar refractivity (Wildman–Crippen MR) is 63.9 cm³/mol. The van der Waals surface area contributed by atoms with Gasteiger partial charge in [-0.2, -0.15) is 0 Å². The summed E-state index contributed by atoms with van der Waals surface area (Å²) in [6.45, 7) is 3.36. The maximum Gasteiger partial charge on any atom is 0.334 e. The van der Waals surface area contributed by atoms with Crippen LogP contribution in [-0.2, 0) is 14.3 Å². The van der Waals surface area contributed by atoms with Crippen molar-refractivity contribution in [3.8, 4) is 0 Å². The van der Waals surface area contributed by atoms with Crippen LogP contribution in [0.3, 0.4) is 0 Å². The molecule has 0 aliphatic carbocycles. The van der Waals surface area contributed by atoms with Crippen LogP contribution in [0.25, 0.3) is 0 Å². The Kier molecular flexibility index (Phi) is 3.03. The van der Waals surface area contributed by atoms with Gasteiger partial charge in [0.1, 0.15) is 6.61 Å². The van der Waals surface area contributed by atoms with Crippen molar-refractivity contribution >= 4 is 11.9 Å². The molecular formula is C13H15NO3. The molecule has 4 nitrogen and oxygen atoms in total. The van der Waals surface area contributed by atoms with E-state index in [0.29, 0.717) is 5.90 Å². The Hall–Kier alpha value is -1.84. The summed E-state index contributed by atoms with van der Waals surface area (Å²) in [5, 5.41) is 0. The van der Waals surface area contributed by atoms with Crippen LogP contribution >= 0.6 is 0 Å². The van der Waals surface area contributed by atoms with Gasteiger partial charge >= 0.3 is 5.97 Å². The fourth-order valence-corrected chi connectivity index (χ4v) is 1.44. The summed E-state index contributed by atoms with van der Waals surface area (Å²) >= 11 is 0. The Labute approximate surface area is 102 Å². The van der Waals surface area contributed by atoms with E-state index in [1.165, 1.54) is 0 Å². The van der Waals surface area contributed by atoms with Crippen molar-refractivity contribution in [2.45, 2.75) is 26.0 Å². The maximum absolute atomic E-state index is 11.8. The molecule has 1 heterocycles. The normalized spacial score (nSPS) is 23.9. The Morgan fingerprint density at radius 1 is 1.53 bits per heavy atom. The van der Waals surface area contributed by atoms with E-state index in [0.717, 1.165) is 5.56 Å². The van der Waals surface area contributed by atoms with Crippen molar-refractivity contribution in [1.82, 2.24) is 0 Å². The van der Waals surface area contributed by atoms with Gasteiger partial charge in [-0.25, -0.2) is 9.79 Å². The lowest BCUT2D eigenvalue weighted by atomic mass is 10.2. The first-order valence-corrected chi connectivity index (χ1v) is 5.50. The van der Waals surface area contributed by atoms with E-state index in [1.807, 2.05) is 30.3 Å². The molecule has 1 aliphatic heterocycles. The predicted octanol–water partition coefficient (Wildman–Crippen LogP) is 1.78. The minimum atomic E-state index is -1.69. The van der Waals surface area contributed by atoms with Crippen molar-refractivity contribution in [1.29, 1.82) is 0 Å². The maximum atomic E-state index is 11.8. The van der Waals surface area contributed by atoms with Crippen LogP contribution in [0.15, 0.2) is 35.3 Å². The zero-order valence-electron chi connectivity index (χ0n) is 10.8. The molecule has 0 N–H and O–H groups in total. The molecule has 1 atom stereocenters. The summed E-state index contributed by atoms with van der Waals surface area (Å²) in [5.41, 5.74) is 0.754. The fraction of sp³-hybridized carbons (Fsp3) is 0.385. The van der Waals surface area contributed by atoms with E-state index in [9.17, 15) is 4.79 Å². The zero-order valence-corrected chi connectivity index (χ0v) is 9.84. The number of benzene rings is 1. The smallest absolute Gasteiger partial charge is 0.334 e. The number of rotatable bonds is 3. The Morgan fingerprint density at radius 3 is 2.88 bits per heavy atom.